The Balaban J connectivity index is 1.70. The van der Waals surface area contributed by atoms with Crippen molar-refractivity contribution < 1.29 is 21.6 Å². The van der Waals surface area contributed by atoms with Crippen molar-refractivity contribution in [3.05, 3.63) is 39.9 Å². The van der Waals surface area contributed by atoms with Crippen molar-refractivity contribution in [1.29, 1.82) is 0 Å². The molecule has 1 saturated carbocycles. The molecule has 1 aliphatic carbocycles. The Bertz CT molecular complexity index is 841. The van der Waals surface area contributed by atoms with E-state index >= 15 is 0 Å². The summed E-state index contributed by atoms with van der Waals surface area (Å²) in [5, 5.41) is -0.492. The van der Waals surface area contributed by atoms with Gasteiger partial charge in [-0.15, -0.1) is 0 Å². The van der Waals surface area contributed by atoms with E-state index in [9.17, 15) is 21.6 Å². The van der Waals surface area contributed by atoms with Crippen molar-refractivity contribution >= 4 is 21.6 Å². The van der Waals surface area contributed by atoms with E-state index in [1.807, 2.05) is 0 Å². The lowest BCUT2D eigenvalue weighted by molar-refractivity contribution is -0.137. The van der Waals surface area contributed by atoms with Crippen molar-refractivity contribution in [3.63, 3.8) is 0 Å². The van der Waals surface area contributed by atoms with Crippen LogP contribution in [-0.4, -0.2) is 24.8 Å². The van der Waals surface area contributed by atoms with Crippen molar-refractivity contribution in [2.24, 2.45) is 0 Å². The Morgan fingerprint density at radius 2 is 1.64 bits per heavy atom. The molecule has 0 spiro atoms. The molecule has 2 atom stereocenters. The highest BCUT2D eigenvalue weighted by Gasteiger charge is 2.47. The summed E-state index contributed by atoms with van der Waals surface area (Å²) in [5.74, 6) is 0. The van der Waals surface area contributed by atoms with Crippen LogP contribution < -0.4 is 0 Å². The number of hydrogen-bond acceptors (Lipinski definition) is 2. The smallest absolute Gasteiger partial charge is 0.207 e. The summed E-state index contributed by atoms with van der Waals surface area (Å²) in [4.78, 5) is -0.330. The number of piperidine rings is 1. The minimum absolute atomic E-state index is 0.142. The first kappa shape index (κ1) is 17.4. The van der Waals surface area contributed by atoms with Gasteiger partial charge in [-0.25, -0.2) is 8.42 Å². The molecule has 0 amide bonds. The van der Waals surface area contributed by atoms with Gasteiger partial charge in [0.25, 0.3) is 0 Å². The van der Waals surface area contributed by atoms with Gasteiger partial charge in [-0.05, 0) is 56.7 Å². The first-order valence-electron chi connectivity index (χ1n) is 8.28. The molecule has 3 fully saturated rings. The summed E-state index contributed by atoms with van der Waals surface area (Å²) in [6.07, 6.45) is 0.477. The van der Waals surface area contributed by atoms with E-state index in [1.165, 1.54) is 21.5 Å². The van der Waals surface area contributed by atoms with E-state index in [4.69, 9.17) is 11.6 Å². The number of benzene rings is 1. The molecule has 2 heterocycles. The summed E-state index contributed by atoms with van der Waals surface area (Å²) < 4.78 is 66.7. The van der Waals surface area contributed by atoms with Crippen LogP contribution in [0.4, 0.5) is 13.2 Å². The number of alkyl halides is 3. The Morgan fingerprint density at radius 1 is 1.04 bits per heavy atom. The monoisotopic (exact) mass is 391 g/mol. The molecule has 0 radical (unpaired) electrons. The van der Waals surface area contributed by atoms with Gasteiger partial charge in [-0.3, -0.25) is 0 Å². The average Bonchev–Trinajstić information content (AvgIpc) is 3.32. The highest BCUT2D eigenvalue weighted by molar-refractivity contribution is 7.89. The Morgan fingerprint density at radius 3 is 2.16 bits per heavy atom. The number of sulfonamides is 1. The highest BCUT2D eigenvalue weighted by Crippen LogP contribution is 2.47. The van der Waals surface area contributed by atoms with E-state index in [0.29, 0.717) is 18.9 Å². The molecule has 3 nitrogen and oxygen atoms in total. The summed E-state index contributed by atoms with van der Waals surface area (Å²) >= 11 is 5.61. The molecule has 136 valence electrons. The van der Waals surface area contributed by atoms with E-state index in [2.05, 4.69) is 0 Å². The first-order valence-corrected chi connectivity index (χ1v) is 10.1. The quantitative estimate of drug-likeness (QED) is 0.681. The number of allylic oxidation sites excluding steroid dienone is 1. The maximum atomic E-state index is 13.1. The maximum absolute atomic E-state index is 13.1. The van der Waals surface area contributed by atoms with Crippen LogP contribution in [0, 0.1) is 0 Å². The number of fused-ring (bicyclic) bond motifs is 2. The highest BCUT2D eigenvalue weighted by atomic mass is 35.5. The summed E-state index contributed by atoms with van der Waals surface area (Å²) in [5.41, 5.74) is 1.70. The third kappa shape index (κ3) is 3.00. The molecule has 0 aromatic heterocycles. The second-order valence-corrected chi connectivity index (χ2v) is 9.23. The van der Waals surface area contributed by atoms with Crippen LogP contribution in [0.3, 0.4) is 0 Å². The van der Waals surface area contributed by atoms with Gasteiger partial charge in [-0.1, -0.05) is 22.7 Å². The van der Waals surface area contributed by atoms with Crippen molar-refractivity contribution in [2.45, 2.75) is 61.7 Å². The lowest BCUT2D eigenvalue weighted by atomic mass is 9.98. The van der Waals surface area contributed by atoms with Gasteiger partial charge in [0.05, 0.1) is 15.5 Å². The molecule has 2 bridgehead atoms. The van der Waals surface area contributed by atoms with Crippen LogP contribution >= 0.6 is 11.6 Å². The minimum atomic E-state index is -4.69. The van der Waals surface area contributed by atoms with Gasteiger partial charge < -0.3 is 0 Å². The predicted molar refractivity (Wildman–Crippen MR) is 87.8 cm³/mol. The predicted octanol–water partition coefficient (Wildman–Crippen LogP) is 4.76. The molecule has 2 saturated heterocycles. The topological polar surface area (TPSA) is 37.4 Å². The fourth-order valence-electron chi connectivity index (χ4n) is 4.07. The Labute approximate surface area is 149 Å². The van der Waals surface area contributed by atoms with E-state index in [-0.39, 0.29) is 17.0 Å². The van der Waals surface area contributed by atoms with Gasteiger partial charge in [0.1, 0.15) is 0 Å². The van der Waals surface area contributed by atoms with Crippen LogP contribution in [0.1, 0.15) is 44.1 Å². The maximum Gasteiger partial charge on any atom is 0.417 e. The van der Waals surface area contributed by atoms with Crippen molar-refractivity contribution in [2.75, 3.05) is 0 Å². The molecule has 2 aliphatic heterocycles. The fraction of sp³-hybridized carbons (Fsp3) is 0.529. The molecule has 0 N–H and O–H groups in total. The molecule has 1 aromatic carbocycles. The van der Waals surface area contributed by atoms with Crippen LogP contribution in [-0.2, 0) is 16.2 Å². The lowest BCUT2D eigenvalue weighted by Crippen LogP contribution is -2.44. The zero-order valence-corrected chi connectivity index (χ0v) is 14.9. The second kappa shape index (κ2) is 5.72. The SMILES string of the molecule is O=S(=O)(c1ccc(Cl)c(C(F)(F)F)c1)N1C2CCC1CC(=C1CC1)C2. The number of hydrogen-bond donors (Lipinski definition) is 0. The summed E-state index contributed by atoms with van der Waals surface area (Å²) in [7, 11) is -3.97. The lowest BCUT2D eigenvalue weighted by Gasteiger charge is -2.35. The molecular weight excluding hydrogens is 375 g/mol. The van der Waals surface area contributed by atoms with Gasteiger partial charge in [0, 0.05) is 12.1 Å². The van der Waals surface area contributed by atoms with Crippen LogP contribution in [0.25, 0.3) is 0 Å². The third-order valence-corrected chi connectivity index (χ3v) is 7.67. The average molecular weight is 392 g/mol. The second-order valence-electron chi connectivity index (χ2n) is 6.97. The van der Waals surface area contributed by atoms with Gasteiger partial charge in [0.15, 0.2) is 0 Å². The van der Waals surface area contributed by atoms with E-state index in [1.54, 1.807) is 0 Å². The van der Waals surface area contributed by atoms with Crippen LogP contribution in [0.15, 0.2) is 34.2 Å². The fourth-order valence-corrected chi connectivity index (χ4v) is 6.19. The zero-order valence-electron chi connectivity index (χ0n) is 13.3. The third-order valence-electron chi connectivity index (χ3n) is 5.34. The minimum Gasteiger partial charge on any atom is -0.207 e. The van der Waals surface area contributed by atoms with Crippen LogP contribution in [0.2, 0.25) is 5.02 Å². The van der Waals surface area contributed by atoms with E-state index in [0.717, 1.165) is 31.7 Å². The zero-order chi connectivity index (χ0) is 18.0. The summed E-state index contributed by atoms with van der Waals surface area (Å²) in [6, 6.07) is 2.56. The number of nitrogens with zero attached hydrogens (tertiary/aromatic N) is 1. The van der Waals surface area contributed by atoms with Gasteiger partial charge in [-0.2, -0.15) is 17.5 Å². The molecule has 8 heteroatoms. The van der Waals surface area contributed by atoms with Gasteiger partial charge in [0.2, 0.25) is 10.0 Å². The molecule has 25 heavy (non-hydrogen) atoms. The van der Waals surface area contributed by atoms with Gasteiger partial charge >= 0.3 is 6.18 Å². The Hall–Kier alpha value is -1.05. The molecule has 3 aliphatic rings. The number of halogens is 4. The number of rotatable bonds is 2. The van der Waals surface area contributed by atoms with Crippen molar-refractivity contribution in [1.82, 2.24) is 4.31 Å². The molecule has 1 aromatic rings. The largest absolute Gasteiger partial charge is 0.417 e. The summed E-state index contributed by atoms with van der Waals surface area (Å²) in [6.45, 7) is 0. The standard InChI is InChI=1S/C17H17ClF3NO2S/c18-16-6-5-14(9-15(16)17(19,20)21)25(23,24)22-12-3-4-13(22)8-11(7-12)10-1-2-10/h5-6,9,12-13H,1-4,7-8H2. The molecular formula is C17H17ClF3NO2S. The normalized spacial score (nSPS) is 27.0. The Kier molecular flexibility index (Phi) is 3.98. The molecule has 4 rings (SSSR count). The van der Waals surface area contributed by atoms with Crippen LogP contribution in [0.5, 0.6) is 0 Å². The molecule has 2 unspecified atom stereocenters. The van der Waals surface area contributed by atoms with E-state index < -0.39 is 26.8 Å². The first-order chi connectivity index (χ1) is 11.7. The van der Waals surface area contributed by atoms with Crippen molar-refractivity contribution in [3.8, 4) is 0 Å².